The first kappa shape index (κ1) is 15.0. The second-order valence-corrected chi connectivity index (χ2v) is 8.45. The molecule has 1 saturated heterocycles. The zero-order valence-corrected chi connectivity index (χ0v) is 13.2. The van der Waals surface area contributed by atoms with Gasteiger partial charge in [-0.15, -0.1) is 11.3 Å². The highest BCUT2D eigenvalue weighted by Crippen LogP contribution is 2.25. The first-order valence-electron chi connectivity index (χ1n) is 6.82. The van der Waals surface area contributed by atoms with Gasteiger partial charge in [0.2, 0.25) is 0 Å². The number of nitrogens with one attached hydrogen (secondary N) is 1. The van der Waals surface area contributed by atoms with Gasteiger partial charge in [-0.25, -0.2) is 8.42 Å². The van der Waals surface area contributed by atoms with Crippen molar-refractivity contribution in [2.75, 3.05) is 20.1 Å². The molecule has 6 heteroatoms. The fourth-order valence-corrected chi connectivity index (χ4v) is 5.05. The predicted molar refractivity (Wildman–Crippen MR) is 79.2 cm³/mol. The lowest BCUT2D eigenvalue weighted by Gasteiger charge is -2.27. The molecule has 0 bridgehead atoms. The first-order chi connectivity index (χ1) is 9.04. The van der Waals surface area contributed by atoms with Crippen molar-refractivity contribution in [2.45, 2.75) is 42.9 Å². The van der Waals surface area contributed by atoms with Gasteiger partial charge < -0.3 is 5.32 Å². The Morgan fingerprint density at radius 3 is 2.79 bits per heavy atom. The smallest absolute Gasteiger partial charge is 0.252 e. The van der Waals surface area contributed by atoms with Gasteiger partial charge in [0.05, 0.1) is 0 Å². The minimum Gasteiger partial charge on any atom is -0.313 e. The number of hydrogen-bond acceptors (Lipinski definition) is 4. The molecule has 1 aliphatic rings. The van der Waals surface area contributed by atoms with Gasteiger partial charge in [0.25, 0.3) is 10.0 Å². The minimum atomic E-state index is -3.32. The molecule has 19 heavy (non-hydrogen) atoms. The summed E-state index contributed by atoms with van der Waals surface area (Å²) in [6.45, 7) is 3.59. The van der Waals surface area contributed by atoms with Gasteiger partial charge in [0, 0.05) is 24.5 Å². The predicted octanol–water partition coefficient (Wildman–Crippen LogP) is 2.07. The molecule has 0 aromatic carbocycles. The van der Waals surface area contributed by atoms with Crippen LogP contribution in [0, 0.1) is 0 Å². The number of nitrogens with zero attached hydrogens (tertiary/aromatic N) is 1. The molecule has 1 aromatic rings. The fraction of sp³-hybridized carbons (Fsp3) is 0.692. The van der Waals surface area contributed by atoms with Crippen molar-refractivity contribution in [3.63, 3.8) is 0 Å². The van der Waals surface area contributed by atoms with Crippen molar-refractivity contribution in [3.05, 3.63) is 17.0 Å². The lowest BCUT2D eigenvalue weighted by atomic mass is 10.1. The maximum absolute atomic E-state index is 12.4. The van der Waals surface area contributed by atoms with E-state index in [1.807, 2.05) is 13.0 Å². The normalized spacial score (nSPS) is 20.9. The second-order valence-electron chi connectivity index (χ2n) is 5.01. The number of thiophene rings is 1. The van der Waals surface area contributed by atoms with Gasteiger partial charge in [-0.2, -0.15) is 4.31 Å². The maximum Gasteiger partial charge on any atom is 0.252 e. The first-order valence-corrected chi connectivity index (χ1v) is 9.08. The van der Waals surface area contributed by atoms with E-state index in [0.717, 1.165) is 24.3 Å². The molecular formula is C13H22N2O2S2. The molecule has 1 unspecified atom stereocenters. The summed E-state index contributed by atoms with van der Waals surface area (Å²) in [6.07, 6.45) is 4.32. The molecular weight excluding hydrogens is 280 g/mol. The van der Waals surface area contributed by atoms with Crippen LogP contribution in [0.3, 0.4) is 0 Å². The van der Waals surface area contributed by atoms with Crippen LogP contribution in [-0.4, -0.2) is 38.9 Å². The molecule has 0 saturated carbocycles. The van der Waals surface area contributed by atoms with E-state index in [2.05, 4.69) is 5.32 Å². The van der Waals surface area contributed by atoms with Gasteiger partial charge >= 0.3 is 0 Å². The summed E-state index contributed by atoms with van der Waals surface area (Å²) in [5.74, 6) is 0. The van der Waals surface area contributed by atoms with E-state index in [1.165, 1.54) is 28.5 Å². The second kappa shape index (κ2) is 6.35. The summed E-state index contributed by atoms with van der Waals surface area (Å²) >= 11 is 1.38. The van der Waals surface area contributed by atoms with Gasteiger partial charge in [-0.1, -0.05) is 13.3 Å². The Balaban J connectivity index is 2.05. The number of piperidine rings is 1. The zero-order valence-electron chi connectivity index (χ0n) is 11.6. The van der Waals surface area contributed by atoms with E-state index in [-0.39, 0.29) is 0 Å². The third-order valence-corrected chi connectivity index (χ3v) is 7.06. The highest BCUT2D eigenvalue weighted by Gasteiger charge is 2.25. The summed E-state index contributed by atoms with van der Waals surface area (Å²) in [6, 6.07) is 3.92. The van der Waals surface area contributed by atoms with E-state index in [1.54, 1.807) is 13.1 Å². The van der Waals surface area contributed by atoms with Crippen LogP contribution in [0.5, 0.6) is 0 Å². The van der Waals surface area contributed by atoms with E-state index in [9.17, 15) is 8.42 Å². The molecule has 1 aliphatic heterocycles. The van der Waals surface area contributed by atoms with Crippen molar-refractivity contribution in [1.29, 1.82) is 0 Å². The van der Waals surface area contributed by atoms with Gasteiger partial charge in [0.1, 0.15) is 4.21 Å². The van der Waals surface area contributed by atoms with Crippen LogP contribution in [0.1, 0.15) is 31.1 Å². The number of rotatable bonds is 5. The molecule has 0 amide bonds. The highest BCUT2D eigenvalue weighted by atomic mass is 32.2. The van der Waals surface area contributed by atoms with Crippen LogP contribution in [0.25, 0.3) is 0 Å². The Morgan fingerprint density at radius 2 is 2.21 bits per heavy atom. The SMILES string of the molecule is CCc1ccc(S(=O)(=O)N(C)CC2CCCCN2)s1. The number of hydrogen-bond donors (Lipinski definition) is 1. The van der Waals surface area contributed by atoms with Crippen molar-refractivity contribution >= 4 is 21.4 Å². The molecule has 1 aromatic heterocycles. The molecule has 4 nitrogen and oxygen atoms in total. The molecule has 2 rings (SSSR count). The van der Waals surface area contributed by atoms with Crippen LogP contribution in [0.15, 0.2) is 16.3 Å². The summed E-state index contributed by atoms with van der Waals surface area (Å²) in [5, 5.41) is 3.39. The van der Waals surface area contributed by atoms with Crippen molar-refractivity contribution in [1.82, 2.24) is 9.62 Å². The van der Waals surface area contributed by atoms with Crippen LogP contribution in [0.4, 0.5) is 0 Å². The maximum atomic E-state index is 12.4. The van der Waals surface area contributed by atoms with Gasteiger partial charge in [-0.3, -0.25) is 0 Å². The molecule has 2 heterocycles. The van der Waals surface area contributed by atoms with E-state index in [4.69, 9.17) is 0 Å². The van der Waals surface area contributed by atoms with Crippen molar-refractivity contribution in [3.8, 4) is 0 Å². The molecule has 0 radical (unpaired) electrons. The minimum absolute atomic E-state index is 0.291. The lowest BCUT2D eigenvalue weighted by molar-refractivity contribution is 0.338. The summed E-state index contributed by atoms with van der Waals surface area (Å²) in [4.78, 5) is 1.11. The number of sulfonamides is 1. The third-order valence-electron chi connectivity index (χ3n) is 3.54. The Hall–Kier alpha value is -0.430. The molecule has 1 N–H and O–H groups in total. The summed E-state index contributed by atoms with van der Waals surface area (Å²) in [5.41, 5.74) is 0. The van der Waals surface area contributed by atoms with Crippen LogP contribution in [-0.2, 0) is 16.4 Å². The summed E-state index contributed by atoms with van der Waals surface area (Å²) in [7, 11) is -1.64. The van der Waals surface area contributed by atoms with Gasteiger partial charge in [-0.05, 0) is 37.9 Å². The summed E-state index contributed by atoms with van der Waals surface area (Å²) < 4.78 is 26.8. The number of aryl methyl sites for hydroxylation is 1. The molecule has 0 spiro atoms. The topological polar surface area (TPSA) is 49.4 Å². The Labute approximate surface area is 119 Å². The largest absolute Gasteiger partial charge is 0.313 e. The van der Waals surface area contributed by atoms with Crippen molar-refractivity contribution < 1.29 is 8.42 Å². The van der Waals surface area contributed by atoms with Crippen molar-refractivity contribution in [2.24, 2.45) is 0 Å². The Kier molecular flexibility index (Phi) is 5.00. The number of likely N-dealkylation sites (N-methyl/N-ethyl adjacent to an activating group) is 1. The molecule has 108 valence electrons. The van der Waals surface area contributed by atoms with E-state index >= 15 is 0 Å². The average Bonchev–Trinajstić information content (AvgIpc) is 2.89. The molecule has 0 aliphatic carbocycles. The van der Waals surface area contributed by atoms with Gasteiger partial charge in [0.15, 0.2) is 0 Å². The quantitative estimate of drug-likeness (QED) is 0.906. The average molecular weight is 302 g/mol. The molecule has 1 atom stereocenters. The Bertz CT molecular complexity index is 504. The fourth-order valence-electron chi connectivity index (χ4n) is 2.33. The monoisotopic (exact) mass is 302 g/mol. The standard InChI is InChI=1S/C13H22N2O2S2/c1-3-12-7-8-13(18-12)19(16,17)15(2)10-11-6-4-5-9-14-11/h7-8,11,14H,3-6,9-10H2,1-2H3. The van der Waals surface area contributed by atoms with E-state index < -0.39 is 10.0 Å². The molecule has 1 fully saturated rings. The zero-order chi connectivity index (χ0) is 13.9. The highest BCUT2D eigenvalue weighted by molar-refractivity contribution is 7.91. The van der Waals surface area contributed by atoms with Crippen LogP contribution in [0.2, 0.25) is 0 Å². The Morgan fingerprint density at radius 1 is 1.42 bits per heavy atom. The van der Waals surface area contributed by atoms with Crippen LogP contribution >= 0.6 is 11.3 Å². The third kappa shape index (κ3) is 3.56. The van der Waals surface area contributed by atoms with E-state index in [0.29, 0.717) is 16.8 Å². The lowest BCUT2D eigenvalue weighted by Crippen LogP contribution is -2.44. The van der Waals surface area contributed by atoms with Crippen LogP contribution < -0.4 is 5.32 Å².